The summed E-state index contributed by atoms with van der Waals surface area (Å²) in [6.45, 7) is 1.70. The van der Waals surface area contributed by atoms with Crippen LogP contribution in [0.3, 0.4) is 0 Å². The Morgan fingerprint density at radius 1 is 1.40 bits per heavy atom. The highest BCUT2D eigenvalue weighted by molar-refractivity contribution is 5.93. The quantitative estimate of drug-likeness (QED) is 0.768. The van der Waals surface area contributed by atoms with Gasteiger partial charge in [-0.3, -0.25) is 14.6 Å². The Hall–Kier alpha value is -2.57. The largest absolute Gasteiger partial charge is 0.481 e. The van der Waals surface area contributed by atoms with Crippen molar-refractivity contribution in [3.8, 4) is 0 Å². The van der Waals surface area contributed by atoms with Crippen molar-refractivity contribution in [2.75, 3.05) is 5.32 Å². The van der Waals surface area contributed by atoms with Crippen molar-refractivity contribution in [3.63, 3.8) is 0 Å². The number of benzene rings is 1. The summed E-state index contributed by atoms with van der Waals surface area (Å²) < 4.78 is 4.85. The zero-order chi connectivity index (χ0) is 14.7. The minimum Gasteiger partial charge on any atom is -0.481 e. The average molecular weight is 278 g/mol. The molecular weight excluding hydrogens is 264 g/mol. The molecule has 0 aliphatic carbocycles. The topological polar surface area (TPSA) is 112 Å². The summed E-state index contributed by atoms with van der Waals surface area (Å²) in [5.41, 5.74) is 1.42. The maximum absolute atomic E-state index is 11.7. The third-order valence-corrected chi connectivity index (χ3v) is 2.76. The van der Waals surface area contributed by atoms with Crippen LogP contribution in [0.2, 0.25) is 0 Å². The van der Waals surface area contributed by atoms with Gasteiger partial charge in [-0.05, 0) is 24.1 Å². The van der Waals surface area contributed by atoms with Crippen LogP contribution in [0.4, 0.5) is 5.69 Å². The van der Waals surface area contributed by atoms with Crippen molar-refractivity contribution in [1.29, 1.82) is 0 Å². The van der Waals surface area contributed by atoms with Gasteiger partial charge in [-0.15, -0.1) is 0 Å². The Morgan fingerprint density at radius 2 is 2.15 bits per heavy atom. The number of aliphatic carboxylic acids is 1. The molecule has 1 aromatic heterocycles. The predicted octanol–water partition coefficient (Wildman–Crippen LogP) is 1.56. The lowest BCUT2D eigenvalue weighted by molar-refractivity contribution is -0.138. The summed E-state index contributed by atoms with van der Waals surface area (Å²) in [6.07, 6.45) is 0.0632. The molecule has 0 aliphatic heterocycles. The standard InChI is InChI=1S/C13H14N2O5/c1-7(5-12(17)18)4-11(16)14-8-2-3-10-9(6-8)15-13(19)20-10/h2-3,6-7H,4-5H2,1H3,(H,14,16)(H,15,19)(H,17,18). The monoisotopic (exact) mass is 278 g/mol. The van der Waals surface area contributed by atoms with Crippen LogP contribution in [0, 0.1) is 5.92 Å². The number of carbonyl (C=O) groups is 2. The number of nitrogens with one attached hydrogen (secondary N) is 2. The molecule has 0 saturated carbocycles. The lowest BCUT2D eigenvalue weighted by Gasteiger charge is -2.09. The molecule has 0 saturated heterocycles. The molecule has 1 unspecified atom stereocenters. The SMILES string of the molecule is CC(CC(=O)O)CC(=O)Nc1ccc2oc(=O)[nH]c2c1. The van der Waals surface area contributed by atoms with Crippen LogP contribution in [-0.2, 0) is 9.59 Å². The second kappa shape index (κ2) is 5.60. The van der Waals surface area contributed by atoms with E-state index in [1.165, 1.54) is 0 Å². The van der Waals surface area contributed by atoms with Crippen LogP contribution in [0.1, 0.15) is 19.8 Å². The van der Waals surface area contributed by atoms with E-state index in [1.807, 2.05) is 0 Å². The maximum Gasteiger partial charge on any atom is 0.417 e. The first-order chi connectivity index (χ1) is 9.44. The summed E-state index contributed by atoms with van der Waals surface area (Å²) in [6, 6.07) is 4.77. The molecule has 7 heteroatoms. The summed E-state index contributed by atoms with van der Waals surface area (Å²) >= 11 is 0. The third-order valence-electron chi connectivity index (χ3n) is 2.76. The van der Waals surface area contributed by atoms with E-state index in [-0.39, 0.29) is 24.7 Å². The molecule has 0 spiro atoms. The van der Waals surface area contributed by atoms with Crippen molar-refractivity contribution in [2.45, 2.75) is 19.8 Å². The van der Waals surface area contributed by atoms with E-state index in [0.717, 1.165) is 0 Å². The first-order valence-electron chi connectivity index (χ1n) is 6.08. The van der Waals surface area contributed by atoms with Gasteiger partial charge in [0, 0.05) is 18.5 Å². The fourth-order valence-corrected chi connectivity index (χ4v) is 1.93. The zero-order valence-corrected chi connectivity index (χ0v) is 10.8. The molecule has 2 rings (SSSR count). The molecule has 1 amide bonds. The summed E-state index contributed by atoms with van der Waals surface area (Å²) in [7, 11) is 0. The minimum atomic E-state index is -0.928. The van der Waals surface area contributed by atoms with E-state index in [0.29, 0.717) is 16.8 Å². The number of carboxylic acids is 1. The number of carbonyl (C=O) groups excluding carboxylic acids is 1. The van der Waals surface area contributed by atoms with Crippen LogP contribution in [-0.4, -0.2) is 22.0 Å². The van der Waals surface area contributed by atoms with Gasteiger partial charge in [0.1, 0.15) is 0 Å². The molecule has 0 aliphatic rings. The van der Waals surface area contributed by atoms with E-state index in [9.17, 15) is 14.4 Å². The second-order valence-electron chi connectivity index (χ2n) is 4.68. The van der Waals surface area contributed by atoms with Gasteiger partial charge in [0.05, 0.1) is 5.52 Å². The molecule has 20 heavy (non-hydrogen) atoms. The molecule has 106 valence electrons. The average Bonchev–Trinajstić information content (AvgIpc) is 2.66. The highest BCUT2D eigenvalue weighted by Crippen LogP contribution is 2.17. The zero-order valence-electron chi connectivity index (χ0n) is 10.8. The van der Waals surface area contributed by atoms with Crippen molar-refractivity contribution in [1.82, 2.24) is 4.98 Å². The van der Waals surface area contributed by atoms with Crippen molar-refractivity contribution < 1.29 is 19.1 Å². The van der Waals surface area contributed by atoms with Gasteiger partial charge in [-0.2, -0.15) is 0 Å². The number of fused-ring (bicyclic) bond motifs is 1. The fraction of sp³-hybridized carbons (Fsp3) is 0.308. The molecule has 3 N–H and O–H groups in total. The summed E-state index contributed by atoms with van der Waals surface area (Å²) in [5, 5.41) is 11.3. The van der Waals surface area contributed by atoms with E-state index in [1.54, 1.807) is 25.1 Å². The Kier molecular flexibility index (Phi) is 3.88. The fourth-order valence-electron chi connectivity index (χ4n) is 1.93. The highest BCUT2D eigenvalue weighted by Gasteiger charge is 2.13. The van der Waals surface area contributed by atoms with E-state index >= 15 is 0 Å². The molecule has 0 bridgehead atoms. The highest BCUT2D eigenvalue weighted by atomic mass is 16.4. The molecule has 7 nitrogen and oxygen atoms in total. The van der Waals surface area contributed by atoms with E-state index in [4.69, 9.17) is 9.52 Å². The number of amides is 1. The normalized spacial score (nSPS) is 12.2. The number of hydrogen-bond donors (Lipinski definition) is 3. The van der Waals surface area contributed by atoms with Crippen molar-refractivity contribution in [2.24, 2.45) is 5.92 Å². The van der Waals surface area contributed by atoms with Gasteiger partial charge in [-0.1, -0.05) is 6.92 Å². The van der Waals surface area contributed by atoms with Crippen LogP contribution in [0.15, 0.2) is 27.4 Å². The van der Waals surface area contributed by atoms with Gasteiger partial charge in [0.15, 0.2) is 5.58 Å². The first kappa shape index (κ1) is 13.9. The molecule has 1 atom stereocenters. The van der Waals surface area contributed by atoms with Gasteiger partial charge in [0.25, 0.3) is 0 Å². The minimum absolute atomic E-state index is 0.0541. The second-order valence-corrected chi connectivity index (χ2v) is 4.68. The number of oxazole rings is 1. The molecule has 0 radical (unpaired) electrons. The predicted molar refractivity (Wildman–Crippen MR) is 71.5 cm³/mol. The van der Waals surface area contributed by atoms with Crippen LogP contribution < -0.4 is 11.1 Å². The van der Waals surface area contributed by atoms with Gasteiger partial charge in [0.2, 0.25) is 5.91 Å². The lowest BCUT2D eigenvalue weighted by Crippen LogP contribution is -2.16. The number of rotatable bonds is 5. The van der Waals surface area contributed by atoms with Gasteiger partial charge in [-0.25, -0.2) is 4.79 Å². The summed E-state index contributed by atoms with van der Waals surface area (Å²) in [5.74, 6) is -2.00. The lowest BCUT2D eigenvalue weighted by atomic mass is 10.0. The number of aromatic amines is 1. The Balaban J connectivity index is 2.02. The number of H-pyrrole nitrogens is 1. The van der Waals surface area contributed by atoms with E-state index in [2.05, 4.69) is 10.3 Å². The van der Waals surface area contributed by atoms with Crippen LogP contribution in [0.25, 0.3) is 11.1 Å². The Morgan fingerprint density at radius 3 is 2.85 bits per heavy atom. The first-order valence-corrected chi connectivity index (χ1v) is 6.08. The smallest absolute Gasteiger partial charge is 0.417 e. The Bertz CT molecular complexity index is 700. The summed E-state index contributed by atoms with van der Waals surface area (Å²) in [4.78, 5) is 35.8. The van der Waals surface area contributed by atoms with Gasteiger partial charge >= 0.3 is 11.7 Å². The number of hydrogen-bond acceptors (Lipinski definition) is 4. The van der Waals surface area contributed by atoms with E-state index < -0.39 is 11.7 Å². The van der Waals surface area contributed by atoms with Crippen LogP contribution >= 0.6 is 0 Å². The molecule has 0 fully saturated rings. The number of anilines is 1. The molecule has 1 aromatic carbocycles. The number of aromatic nitrogens is 1. The van der Waals surface area contributed by atoms with Gasteiger partial charge < -0.3 is 14.8 Å². The third kappa shape index (κ3) is 3.47. The van der Waals surface area contributed by atoms with Crippen molar-refractivity contribution in [3.05, 3.63) is 28.7 Å². The number of carboxylic acid groups (broad SMARTS) is 1. The maximum atomic E-state index is 11.7. The molecular formula is C13H14N2O5. The van der Waals surface area contributed by atoms with Crippen LogP contribution in [0.5, 0.6) is 0 Å². The molecule has 1 heterocycles. The van der Waals surface area contributed by atoms with Crippen molar-refractivity contribution >= 4 is 28.7 Å². The molecule has 2 aromatic rings. The Labute approximate surface area is 113 Å².